The van der Waals surface area contributed by atoms with E-state index in [2.05, 4.69) is 39.0 Å². The summed E-state index contributed by atoms with van der Waals surface area (Å²) >= 11 is 0. The molecule has 4 nitrogen and oxygen atoms in total. The largest absolute Gasteiger partial charge is 0.481 e. The molecule has 0 bridgehead atoms. The fourth-order valence-electron chi connectivity index (χ4n) is 3.32. The van der Waals surface area contributed by atoms with Crippen molar-refractivity contribution in [1.82, 2.24) is 9.97 Å². The van der Waals surface area contributed by atoms with E-state index in [0.29, 0.717) is 5.88 Å². The van der Waals surface area contributed by atoms with Gasteiger partial charge in [0.15, 0.2) is 5.82 Å². The maximum absolute atomic E-state index is 5.63. The summed E-state index contributed by atoms with van der Waals surface area (Å²) < 4.78 is 11.1. The molecule has 0 amide bonds. The number of unbranched alkanes of at least 4 members (excludes halogenated alkanes) is 1. The highest BCUT2D eigenvalue weighted by molar-refractivity contribution is 5.66. The number of nitrogens with zero attached hydrogens (tertiary/aromatic N) is 2. The van der Waals surface area contributed by atoms with Gasteiger partial charge < -0.3 is 9.47 Å². The Morgan fingerprint density at radius 3 is 2.23 bits per heavy atom. The molecular weight excluding hydrogens is 324 g/mol. The molecule has 0 radical (unpaired) electrons. The van der Waals surface area contributed by atoms with Gasteiger partial charge in [0.25, 0.3) is 0 Å². The summed E-state index contributed by atoms with van der Waals surface area (Å²) in [6.07, 6.45) is 4.93. The van der Waals surface area contributed by atoms with Gasteiger partial charge in [0, 0.05) is 30.0 Å². The molecule has 0 saturated heterocycles. The predicted molar refractivity (Wildman–Crippen MR) is 107 cm³/mol. The van der Waals surface area contributed by atoms with Crippen molar-refractivity contribution in [3.05, 3.63) is 40.6 Å². The SMILES string of the molecule is CCOCCCCc1c(C)nc(-c2c(CC)cccc2CC)nc1OC. The van der Waals surface area contributed by atoms with Crippen LogP contribution in [0.25, 0.3) is 11.4 Å². The van der Waals surface area contributed by atoms with Crippen molar-refractivity contribution >= 4 is 0 Å². The van der Waals surface area contributed by atoms with Crippen LogP contribution in [-0.4, -0.2) is 30.3 Å². The summed E-state index contributed by atoms with van der Waals surface area (Å²) in [7, 11) is 1.70. The number of hydrogen-bond acceptors (Lipinski definition) is 4. The molecule has 0 aliphatic carbocycles. The van der Waals surface area contributed by atoms with Gasteiger partial charge in [-0.05, 0) is 57.1 Å². The maximum Gasteiger partial charge on any atom is 0.220 e. The summed E-state index contributed by atoms with van der Waals surface area (Å²) in [5.74, 6) is 1.49. The van der Waals surface area contributed by atoms with E-state index in [1.54, 1.807) is 7.11 Å². The number of aryl methyl sites for hydroxylation is 3. The van der Waals surface area contributed by atoms with E-state index in [9.17, 15) is 0 Å². The monoisotopic (exact) mass is 356 g/mol. The molecule has 142 valence electrons. The van der Waals surface area contributed by atoms with Gasteiger partial charge in [-0.3, -0.25) is 0 Å². The Hall–Kier alpha value is -1.94. The molecule has 1 aromatic carbocycles. The van der Waals surface area contributed by atoms with Gasteiger partial charge >= 0.3 is 0 Å². The molecule has 2 rings (SSSR count). The van der Waals surface area contributed by atoms with Crippen LogP contribution in [0.15, 0.2) is 18.2 Å². The highest BCUT2D eigenvalue weighted by atomic mass is 16.5. The van der Waals surface area contributed by atoms with Crippen molar-refractivity contribution in [2.75, 3.05) is 20.3 Å². The van der Waals surface area contributed by atoms with Crippen LogP contribution >= 0.6 is 0 Å². The quantitative estimate of drug-likeness (QED) is 0.565. The molecule has 26 heavy (non-hydrogen) atoms. The van der Waals surface area contributed by atoms with E-state index < -0.39 is 0 Å². The van der Waals surface area contributed by atoms with Crippen molar-refractivity contribution in [2.45, 2.75) is 59.8 Å². The average molecular weight is 357 g/mol. The Morgan fingerprint density at radius 1 is 0.962 bits per heavy atom. The maximum atomic E-state index is 5.63. The zero-order valence-electron chi connectivity index (χ0n) is 16.9. The third-order valence-corrected chi connectivity index (χ3v) is 4.76. The number of hydrogen-bond donors (Lipinski definition) is 0. The third-order valence-electron chi connectivity index (χ3n) is 4.76. The molecule has 0 unspecified atom stereocenters. The topological polar surface area (TPSA) is 44.2 Å². The number of aromatic nitrogens is 2. The third kappa shape index (κ3) is 4.82. The molecule has 1 aromatic heterocycles. The van der Waals surface area contributed by atoms with E-state index in [1.807, 2.05) is 6.92 Å². The summed E-state index contributed by atoms with van der Waals surface area (Å²) in [6, 6.07) is 6.46. The van der Waals surface area contributed by atoms with Crippen LogP contribution in [-0.2, 0) is 24.0 Å². The van der Waals surface area contributed by atoms with Crippen LogP contribution in [0.5, 0.6) is 5.88 Å². The average Bonchev–Trinajstić information content (AvgIpc) is 2.67. The lowest BCUT2D eigenvalue weighted by molar-refractivity contribution is 0.143. The Balaban J connectivity index is 2.35. The molecule has 0 aliphatic rings. The van der Waals surface area contributed by atoms with Crippen LogP contribution in [0.4, 0.5) is 0 Å². The lowest BCUT2D eigenvalue weighted by atomic mass is 9.96. The van der Waals surface area contributed by atoms with Gasteiger partial charge in [-0.2, -0.15) is 4.98 Å². The van der Waals surface area contributed by atoms with Crippen LogP contribution in [0, 0.1) is 6.92 Å². The fourth-order valence-corrected chi connectivity index (χ4v) is 3.32. The molecule has 1 heterocycles. The number of methoxy groups -OCH3 is 1. The Bertz CT molecular complexity index is 691. The number of ether oxygens (including phenoxy) is 2. The van der Waals surface area contributed by atoms with Gasteiger partial charge in [0.05, 0.1) is 7.11 Å². The van der Waals surface area contributed by atoms with Crippen molar-refractivity contribution in [1.29, 1.82) is 0 Å². The van der Waals surface area contributed by atoms with Crippen LogP contribution in [0.3, 0.4) is 0 Å². The molecule has 0 aliphatic heterocycles. The molecule has 0 spiro atoms. The van der Waals surface area contributed by atoms with E-state index in [0.717, 1.165) is 62.4 Å². The van der Waals surface area contributed by atoms with Crippen molar-refractivity contribution in [3.8, 4) is 17.3 Å². The first-order valence-electron chi connectivity index (χ1n) is 9.76. The lowest BCUT2D eigenvalue weighted by Crippen LogP contribution is -2.06. The van der Waals surface area contributed by atoms with Crippen molar-refractivity contribution < 1.29 is 9.47 Å². The summed E-state index contributed by atoms with van der Waals surface area (Å²) in [5, 5.41) is 0. The van der Waals surface area contributed by atoms with Crippen molar-refractivity contribution in [3.63, 3.8) is 0 Å². The minimum Gasteiger partial charge on any atom is -0.481 e. The van der Waals surface area contributed by atoms with Crippen LogP contribution in [0.2, 0.25) is 0 Å². The summed E-state index contributed by atoms with van der Waals surface area (Å²) in [4.78, 5) is 9.65. The molecule has 2 aromatic rings. The zero-order valence-corrected chi connectivity index (χ0v) is 16.9. The molecular formula is C22H32N2O2. The van der Waals surface area contributed by atoms with E-state index in [-0.39, 0.29) is 0 Å². The van der Waals surface area contributed by atoms with Crippen molar-refractivity contribution in [2.24, 2.45) is 0 Å². The second-order valence-electron chi connectivity index (χ2n) is 6.43. The van der Waals surface area contributed by atoms with Crippen LogP contribution in [0.1, 0.15) is 56.0 Å². The number of benzene rings is 1. The first-order valence-corrected chi connectivity index (χ1v) is 9.76. The lowest BCUT2D eigenvalue weighted by Gasteiger charge is -2.16. The molecule has 0 saturated carbocycles. The van der Waals surface area contributed by atoms with Gasteiger partial charge in [0.2, 0.25) is 5.88 Å². The van der Waals surface area contributed by atoms with Gasteiger partial charge in [-0.15, -0.1) is 0 Å². The Morgan fingerprint density at radius 2 is 1.65 bits per heavy atom. The van der Waals surface area contributed by atoms with E-state index in [4.69, 9.17) is 19.4 Å². The minimum atomic E-state index is 0.705. The minimum absolute atomic E-state index is 0.705. The number of rotatable bonds is 10. The van der Waals surface area contributed by atoms with Gasteiger partial charge in [-0.1, -0.05) is 32.0 Å². The first-order chi connectivity index (χ1) is 12.7. The second kappa shape index (κ2) is 10.3. The second-order valence-corrected chi connectivity index (χ2v) is 6.43. The highest BCUT2D eigenvalue weighted by Gasteiger charge is 2.17. The predicted octanol–water partition coefficient (Wildman–Crippen LogP) is 4.94. The standard InChI is InChI=1S/C22H32N2O2/c1-6-17-12-11-13-18(7-2)20(17)21-23-16(4)19(22(24-21)25-5)14-9-10-15-26-8-3/h11-13H,6-10,14-15H2,1-5H3. The normalized spacial score (nSPS) is 11.0. The molecule has 0 N–H and O–H groups in total. The first kappa shape index (κ1) is 20.4. The Labute approximate surface area is 158 Å². The smallest absolute Gasteiger partial charge is 0.220 e. The zero-order chi connectivity index (χ0) is 18.9. The molecule has 4 heteroatoms. The van der Waals surface area contributed by atoms with E-state index >= 15 is 0 Å². The molecule has 0 fully saturated rings. The Kier molecular flexibility index (Phi) is 8.05. The summed E-state index contributed by atoms with van der Waals surface area (Å²) in [6.45, 7) is 10.0. The fraction of sp³-hybridized carbons (Fsp3) is 0.545. The van der Waals surface area contributed by atoms with Gasteiger partial charge in [0.1, 0.15) is 0 Å². The van der Waals surface area contributed by atoms with Gasteiger partial charge in [-0.25, -0.2) is 4.98 Å². The summed E-state index contributed by atoms with van der Waals surface area (Å²) in [5.41, 5.74) is 5.86. The van der Waals surface area contributed by atoms with E-state index in [1.165, 1.54) is 16.7 Å². The molecule has 0 atom stereocenters. The highest BCUT2D eigenvalue weighted by Crippen LogP contribution is 2.30. The van der Waals surface area contributed by atoms with Crippen LogP contribution < -0.4 is 4.74 Å².